The van der Waals surface area contributed by atoms with E-state index in [1.807, 2.05) is 6.92 Å². The van der Waals surface area contributed by atoms with E-state index in [-0.39, 0.29) is 23.4 Å². The third kappa shape index (κ3) is 4.29. The van der Waals surface area contributed by atoms with Crippen LogP contribution in [0.3, 0.4) is 0 Å². The van der Waals surface area contributed by atoms with Crippen LogP contribution >= 0.6 is 0 Å². The Morgan fingerprint density at radius 2 is 2.00 bits per heavy atom. The van der Waals surface area contributed by atoms with Crippen LogP contribution in [-0.4, -0.2) is 45.3 Å². The van der Waals surface area contributed by atoms with Gasteiger partial charge in [-0.05, 0) is 30.5 Å². The molecule has 1 aromatic rings. The van der Waals surface area contributed by atoms with E-state index in [4.69, 9.17) is 4.74 Å². The Labute approximate surface area is 135 Å². The molecule has 2 rings (SSSR count). The number of rotatable bonds is 6. The van der Waals surface area contributed by atoms with Gasteiger partial charge in [-0.15, -0.1) is 0 Å². The van der Waals surface area contributed by atoms with Gasteiger partial charge in [0.25, 0.3) is 5.91 Å². The zero-order chi connectivity index (χ0) is 17.2. The minimum absolute atomic E-state index is 0.0732. The summed E-state index contributed by atoms with van der Waals surface area (Å²) in [4.78, 5) is 23.4. The van der Waals surface area contributed by atoms with Gasteiger partial charge in [0, 0.05) is 19.8 Å². The number of ether oxygens (including phenoxy) is 1. The summed E-state index contributed by atoms with van der Waals surface area (Å²) in [6, 6.07) is 5.90. The number of nitrogens with zero attached hydrogens (tertiary/aromatic N) is 1. The highest BCUT2D eigenvalue weighted by atomic mass is 32.2. The van der Waals surface area contributed by atoms with Crippen LogP contribution < -0.4 is 5.32 Å². The molecule has 126 valence electrons. The SMILES string of the molecule is C[C@@H]1C[C@H]1C(=O)OCC(=O)Nc1cccc(S(=O)(=O)N(C)C)c1. The van der Waals surface area contributed by atoms with Crippen molar-refractivity contribution in [3.63, 3.8) is 0 Å². The number of nitrogens with one attached hydrogen (secondary N) is 1. The Balaban J connectivity index is 1.95. The molecule has 1 aliphatic rings. The summed E-state index contributed by atoms with van der Waals surface area (Å²) >= 11 is 0. The average molecular weight is 340 g/mol. The molecule has 0 bridgehead atoms. The number of esters is 1. The highest BCUT2D eigenvalue weighted by Crippen LogP contribution is 2.38. The lowest BCUT2D eigenvalue weighted by atomic mass is 10.3. The molecular formula is C15H20N2O5S. The summed E-state index contributed by atoms with van der Waals surface area (Å²) in [6.07, 6.45) is 0.797. The lowest BCUT2D eigenvalue weighted by Gasteiger charge is -2.12. The quantitative estimate of drug-likeness (QED) is 0.782. The Morgan fingerprint density at radius 1 is 1.35 bits per heavy atom. The predicted octanol–water partition coefficient (Wildman–Crippen LogP) is 1.07. The van der Waals surface area contributed by atoms with Gasteiger partial charge in [-0.2, -0.15) is 0 Å². The molecule has 7 nitrogen and oxygen atoms in total. The molecule has 1 aromatic carbocycles. The second kappa shape index (κ2) is 6.67. The first kappa shape index (κ1) is 17.4. The summed E-state index contributed by atoms with van der Waals surface area (Å²) in [6.45, 7) is 1.56. The molecule has 1 N–H and O–H groups in total. The Morgan fingerprint density at radius 3 is 2.57 bits per heavy atom. The van der Waals surface area contributed by atoms with E-state index in [0.29, 0.717) is 11.6 Å². The monoisotopic (exact) mass is 340 g/mol. The fraction of sp³-hybridized carbons (Fsp3) is 0.467. The summed E-state index contributed by atoms with van der Waals surface area (Å²) in [5.74, 6) is -0.655. The topological polar surface area (TPSA) is 92.8 Å². The molecule has 8 heteroatoms. The van der Waals surface area contributed by atoms with Gasteiger partial charge in [-0.25, -0.2) is 12.7 Å². The summed E-state index contributed by atoms with van der Waals surface area (Å²) in [7, 11) is -0.714. The number of carbonyl (C=O) groups excluding carboxylic acids is 2. The van der Waals surface area contributed by atoms with Crippen molar-refractivity contribution in [3.8, 4) is 0 Å². The largest absolute Gasteiger partial charge is 0.455 e. The van der Waals surface area contributed by atoms with Crippen molar-refractivity contribution in [1.29, 1.82) is 0 Å². The second-order valence-electron chi connectivity index (χ2n) is 5.79. The molecule has 1 saturated carbocycles. The maximum absolute atomic E-state index is 12.0. The molecule has 23 heavy (non-hydrogen) atoms. The van der Waals surface area contributed by atoms with Crippen LogP contribution in [0.5, 0.6) is 0 Å². The van der Waals surface area contributed by atoms with E-state index in [2.05, 4.69) is 5.32 Å². The fourth-order valence-electron chi connectivity index (χ4n) is 2.04. The molecule has 0 radical (unpaired) electrons. The highest BCUT2D eigenvalue weighted by molar-refractivity contribution is 7.89. The van der Waals surface area contributed by atoms with Gasteiger partial charge in [-0.3, -0.25) is 9.59 Å². The van der Waals surface area contributed by atoms with Crippen molar-refractivity contribution < 1.29 is 22.7 Å². The van der Waals surface area contributed by atoms with Gasteiger partial charge in [0.15, 0.2) is 6.61 Å². The van der Waals surface area contributed by atoms with Crippen molar-refractivity contribution in [2.24, 2.45) is 11.8 Å². The summed E-state index contributed by atoms with van der Waals surface area (Å²) < 4.78 is 30.1. The predicted molar refractivity (Wildman–Crippen MR) is 84.2 cm³/mol. The Kier molecular flexibility index (Phi) is 5.06. The maximum Gasteiger partial charge on any atom is 0.309 e. The smallest absolute Gasteiger partial charge is 0.309 e. The molecule has 1 aliphatic carbocycles. The molecule has 0 aromatic heterocycles. The number of hydrogen-bond donors (Lipinski definition) is 1. The molecule has 1 amide bonds. The van der Waals surface area contributed by atoms with Gasteiger partial charge in [0.2, 0.25) is 10.0 Å². The molecule has 0 unspecified atom stereocenters. The first-order chi connectivity index (χ1) is 10.7. The van der Waals surface area contributed by atoms with Crippen molar-refractivity contribution >= 4 is 27.6 Å². The van der Waals surface area contributed by atoms with Gasteiger partial charge in [0.05, 0.1) is 10.8 Å². The van der Waals surface area contributed by atoms with E-state index < -0.39 is 15.9 Å². The van der Waals surface area contributed by atoms with Gasteiger partial charge >= 0.3 is 5.97 Å². The molecule has 0 aliphatic heterocycles. The summed E-state index contributed by atoms with van der Waals surface area (Å²) in [5.41, 5.74) is 0.328. The van der Waals surface area contributed by atoms with Crippen LogP contribution in [0.2, 0.25) is 0 Å². The Hall–Kier alpha value is -1.93. The first-order valence-electron chi connectivity index (χ1n) is 7.21. The van der Waals surface area contributed by atoms with Gasteiger partial charge in [-0.1, -0.05) is 13.0 Å². The van der Waals surface area contributed by atoms with Crippen LogP contribution in [0, 0.1) is 11.8 Å². The van der Waals surface area contributed by atoms with Crippen molar-refractivity contribution in [2.45, 2.75) is 18.2 Å². The second-order valence-corrected chi connectivity index (χ2v) is 7.94. The molecular weight excluding hydrogens is 320 g/mol. The van der Waals surface area contributed by atoms with Gasteiger partial charge in [0.1, 0.15) is 0 Å². The van der Waals surface area contributed by atoms with Crippen LogP contribution in [0.15, 0.2) is 29.2 Å². The number of sulfonamides is 1. The zero-order valence-corrected chi connectivity index (χ0v) is 14.1. The van der Waals surface area contributed by atoms with Crippen molar-refractivity contribution in [1.82, 2.24) is 4.31 Å². The fourth-order valence-corrected chi connectivity index (χ4v) is 2.98. The standard InChI is InChI=1S/C15H20N2O5S/c1-10-7-13(10)15(19)22-9-14(18)16-11-5-4-6-12(8-11)23(20,21)17(2)3/h4-6,8,10,13H,7,9H2,1-3H3,(H,16,18)/t10-,13-/m1/s1. The van der Waals surface area contributed by atoms with Crippen LogP contribution in [0.4, 0.5) is 5.69 Å². The number of amides is 1. The molecule has 0 heterocycles. The lowest BCUT2D eigenvalue weighted by molar-refractivity contribution is -0.148. The number of benzene rings is 1. The van der Waals surface area contributed by atoms with E-state index >= 15 is 0 Å². The van der Waals surface area contributed by atoms with Crippen LogP contribution in [0.1, 0.15) is 13.3 Å². The normalized spacial score (nSPS) is 20.2. The maximum atomic E-state index is 12.0. The highest BCUT2D eigenvalue weighted by Gasteiger charge is 2.40. The minimum Gasteiger partial charge on any atom is -0.455 e. The number of hydrogen-bond acceptors (Lipinski definition) is 5. The van der Waals surface area contributed by atoms with Crippen molar-refractivity contribution in [3.05, 3.63) is 24.3 Å². The number of anilines is 1. The van der Waals surface area contributed by atoms with Crippen LogP contribution in [0.25, 0.3) is 0 Å². The van der Waals surface area contributed by atoms with E-state index in [0.717, 1.165) is 10.7 Å². The van der Waals surface area contributed by atoms with E-state index in [1.165, 1.54) is 32.3 Å². The third-order valence-electron chi connectivity index (χ3n) is 3.65. The molecule has 0 spiro atoms. The molecule has 0 saturated heterocycles. The van der Waals surface area contributed by atoms with Crippen molar-refractivity contribution in [2.75, 3.05) is 26.0 Å². The lowest BCUT2D eigenvalue weighted by Crippen LogP contribution is -2.23. The first-order valence-corrected chi connectivity index (χ1v) is 8.65. The average Bonchev–Trinajstić information content (AvgIpc) is 3.22. The van der Waals surface area contributed by atoms with Gasteiger partial charge < -0.3 is 10.1 Å². The van der Waals surface area contributed by atoms with Crippen LogP contribution in [-0.2, 0) is 24.3 Å². The molecule has 1 fully saturated rings. The third-order valence-corrected chi connectivity index (χ3v) is 5.47. The molecule has 2 atom stereocenters. The zero-order valence-electron chi connectivity index (χ0n) is 13.3. The number of carbonyl (C=O) groups is 2. The Bertz CT molecular complexity index is 714. The van der Waals surface area contributed by atoms with E-state index in [9.17, 15) is 18.0 Å². The summed E-state index contributed by atoms with van der Waals surface area (Å²) in [5, 5.41) is 2.52. The van der Waals surface area contributed by atoms with E-state index in [1.54, 1.807) is 6.07 Å². The minimum atomic E-state index is -3.57.